The van der Waals surface area contributed by atoms with Crippen molar-refractivity contribution in [3.63, 3.8) is 0 Å². The molecule has 6 nitrogen and oxygen atoms in total. The van der Waals surface area contributed by atoms with Crippen LogP contribution < -0.4 is 5.32 Å². The highest BCUT2D eigenvalue weighted by molar-refractivity contribution is 7.99. The average Bonchev–Trinajstić information content (AvgIpc) is 3.10. The number of carbonyl (C=O) groups is 1. The van der Waals surface area contributed by atoms with Gasteiger partial charge in [0.05, 0.1) is 11.8 Å². The molecular formula is C17H23N5OS. The number of anilines is 1. The summed E-state index contributed by atoms with van der Waals surface area (Å²) in [5, 5.41) is 15.6. The highest BCUT2D eigenvalue weighted by Gasteiger charge is 2.20. The van der Waals surface area contributed by atoms with E-state index in [1.807, 2.05) is 28.9 Å². The Balaban J connectivity index is 1.53. The summed E-state index contributed by atoms with van der Waals surface area (Å²) in [5.41, 5.74) is 2.08. The summed E-state index contributed by atoms with van der Waals surface area (Å²) in [4.78, 5) is 12.1. The number of carbonyl (C=O) groups excluding carboxylic acids is 1. The lowest BCUT2D eigenvalue weighted by Crippen LogP contribution is -2.17. The topological polar surface area (TPSA) is 72.7 Å². The highest BCUT2D eigenvalue weighted by atomic mass is 32.2. The fraction of sp³-hybridized carbons (Fsp3) is 0.529. The lowest BCUT2D eigenvalue weighted by molar-refractivity contribution is -0.113. The summed E-state index contributed by atoms with van der Waals surface area (Å²) < 4.78 is 1.90. The van der Waals surface area contributed by atoms with Gasteiger partial charge in [0.15, 0.2) is 0 Å². The van der Waals surface area contributed by atoms with Gasteiger partial charge in [-0.1, -0.05) is 50.1 Å². The third-order valence-electron chi connectivity index (χ3n) is 4.36. The summed E-state index contributed by atoms with van der Waals surface area (Å²) in [7, 11) is 0. The molecule has 3 rings (SSSR count). The number of aryl methyl sites for hydroxylation is 1. The molecule has 0 saturated heterocycles. The molecule has 7 heteroatoms. The number of thioether (sulfide) groups is 1. The van der Waals surface area contributed by atoms with Crippen molar-refractivity contribution in [2.24, 2.45) is 0 Å². The summed E-state index contributed by atoms with van der Waals surface area (Å²) in [6.07, 6.45) is 6.98. The van der Waals surface area contributed by atoms with Gasteiger partial charge < -0.3 is 5.32 Å². The van der Waals surface area contributed by atoms with Crippen molar-refractivity contribution in [3.8, 4) is 0 Å². The third-order valence-corrected chi connectivity index (χ3v) is 5.29. The minimum absolute atomic E-state index is 0.0394. The molecule has 0 spiro atoms. The first-order chi connectivity index (χ1) is 11.8. The van der Waals surface area contributed by atoms with Crippen LogP contribution in [0.5, 0.6) is 0 Å². The minimum Gasteiger partial charge on any atom is -0.325 e. The van der Waals surface area contributed by atoms with Crippen LogP contribution in [0.4, 0.5) is 5.69 Å². The van der Waals surface area contributed by atoms with Gasteiger partial charge in [0, 0.05) is 5.69 Å². The van der Waals surface area contributed by atoms with Gasteiger partial charge >= 0.3 is 0 Å². The fourth-order valence-corrected chi connectivity index (χ4v) is 3.73. The number of amides is 1. The van der Waals surface area contributed by atoms with Gasteiger partial charge in [-0.15, -0.1) is 5.10 Å². The van der Waals surface area contributed by atoms with Crippen LogP contribution in [0.25, 0.3) is 0 Å². The smallest absolute Gasteiger partial charge is 0.234 e. The van der Waals surface area contributed by atoms with Gasteiger partial charge in [-0.05, 0) is 47.4 Å². The van der Waals surface area contributed by atoms with E-state index < -0.39 is 0 Å². The maximum atomic E-state index is 12.1. The lowest BCUT2D eigenvalue weighted by Gasteiger charge is -2.21. The van der Waals surface area contributed by atoms with E-state index >= 15 is 0 Å². The Hall–Kier alpha value is -1.89. The normalized spacial score (nSPS) is 15.4. The Labute approximate surface area is 146 Å². The first-order valence-corrected chi connectivity index (χ1v) is 9.54. The van der Waals surface area contributed by atoms with Crippen LogP contribution in [0.3, 0.4) is 0 Å². The van der Waals surface area contributed by atoms with Crippen molar-refractivity contribution in [2.75, 3.05) is 11.1 Å². The number of nitrogens with one attached hydrogen (secondary N) is 1. The van der Waals surface area contributed by atoms with Crippen LogP contribution in [-0.4, -0.2) is 31.9 Å². The summed E-state index contributed by atoms with van der Waals surface area (Å²) >= 11 is 1.40. The second-order valence-corrected chi connectivity index (χ2v) is 7.03. The largest absolute Gasteiger partial charge is 0.325 e. The molecule has 0 radical (unpaired) electrons. The molecule has 1 N–H and O–H groups in total. The van der Waals surface area contributed by atoms with Crippen molar-refractivity contribution < 1.29 is 4.79 Å². The lowest BCUT2D eigenvalue weighted by atomic mass is 9.96. The van der Waals surface area contributed by atoms with E-state index in [1.54, 1.807) is 0 Å². The van der Waals surface area contributed by atoms with E-state index in [4.69, 9.17) is 0 Å². The Bertz CT molecular complexity index is 664. The van der Waals surface area contributed by atoms with Crippen molar-refractivity contribution in [1.82, 2.24) is 20.2 Å². The maximum Gasteiger partial charge on any atom is 0.234 e. The van der Waals surface area contributed by atoms with E-state index in [0.29, 0.717) is 11.8 Å². The number of aromatic nitrogens is 4. The zero-order valence-electron chi connectivity index (χ0n) is 13.9. The molecule has 0 bridgehead atoms. The molecule has 1 aliphatic carbocycles. The number of benzene rings is 1. The first kappa shape index (κ1) is 17.0. The Kier molecular flexibility index (Phi) is 5.85. The quantitative estimate of drug-likeness (QED) is 0.812. The highest BCUT2D eigenvalue weighted by Crippen LogP contribution is 2.30. The third kappa shape index (κ3) is 4.35. The summed E-state index contributed by atoms with van der Waals surface area (Å²) in [5.74, 6) is 0.269. The number of tetrazole rings is 1. The standard InChI is InChI=1S/C17H23N5OS/c1-2-13-8-10-14(11-9-13)18-16(23)12-24-17-19-20-21-22(17)15-6-4-3-5-7-15/h8-11,15H,2-7,12H2,1H3,(H,18,23). The molecule has 1 fully saturated rings. The van der Waals surface area contributed by atoms with Crippen molar-refractivity contribution in [3.05, 3.63) is 29.8 Å². The predicted molar refractivity (Wildman–Crippen MR) is 95.1 cm³/mol. The maximum absolute atomic E-state index is 12.1. The number of rotatable bonds is 6. The minimum atomic E-state index is -0.0394. The Morgan fingerprint density at radius 1 is 1.25 bits per heavy atom. The monoisotopic (exact) mass is 345 g/mol. The molecule has 128 valence electrons. The van der Waals surface area contributed by atoms with Crippen LogP contribution in [-0.2, 0) is 11.2 Å². The van der Waals surface area contributed by atoms with Gasteiger partial charge in [-0.2, -0.15) is 0 Å². The van der Waals surface area contributed by atoms with Crippen LogP contribution in [0.1, 0.15) is 50.6 Å². The molecule has 1 aromatic carbocycles. The number of nitrogens with zero attached hydrogens (tertiary/aromatic N) is 4. The van der Waals surface area contributed by atoms with E-state index in [0.717, 1.165) is 30.1 Å². The van der Waals surface area contributed by atoms with E-state index in [9.17, 15) is 4.79 Å². The zero-order valence-corrected chi connectivity index (χ0v) is 14.8. The molecule has 1 heterocycles. The molecule has 1 saturated carbocycles. The number of hydrogen-bond acceptors (Lipinski definition) is 5. The van der Waals surface area contributed by atoms with Gasteiger partial charge in [-0.3, -0.25) is 4.79 Å². The molecule has 1 amide bonds. The van der Waals surface area contributed by atoms with Crippen LogP contribution in [0, 0.1) is 0 Å². The van der Waals surface area contributed by atoms with Crippen LogP contribution in [0.15, 0.2) is 29.4 Å². The van der Waals surface area contributed by atoms with Crippen molar-refractivity contribution in [2.45, 2.75) is 56.6 Å². The SMILES string of the molecule is CCc1ccc(NC(=O)CSc2nnnn2C2CCCCC2)cc1. The molecule has 24 heavy (non-hydrogen) atoms. The van der Waals surface area contributed by atoms with Gasteiger partial charge in [0.25, 0.3) is 0 Å². The summed E-state index contributed by atoms with van der Waals surface area (Å²) in [6.45, 7) is 2.11. The Morgan fingerprint density at radius 3 is 2.71 bits per heavy atom. The Morgan fingerprint density at radius 2 is 2.00 bits per heavy atom. The number of hydrogen-bond donors (Lipinski definition) is 1. The van der Waals surface area contributed by atoms with Crippen LogP contribution >= 0.6 is 11.8 Å². The molecule has 2 aromatic rings. The average molecular weight is 345 g/mol. The zero-order chi connectivity index (χ0) is 16.8. The second kappa shape index (κ2) is 8.28. The van der Waals surface area contributed by atoms with Crippen molar-refractivity contribution >= 4 is 23.4 Å². The van der Waals surface area contributed by atoms with Crippen LogP contribution in [0.2, 0.25) is 0 Å². The molecule has 1 aromatic heterocycles. The van der Waals surface area contributed by atoms with E-state index in [-0.39, 0.29) is 5.91 Å². The molecule has 0 atom stereocenters. The first-order valence-electron chi connectivity index (χ1n) is 8.55. The fourth-order valence-electron chi connectivity index (χ4n) is 2.99. The molecule has 1 aliphatic rings. The van der Waals surface area contributed by atoms with Gasteiger partial charge in [-0.25, -0.2) is 4.68 Å². The molecule has 0 aliphatic heterocycles. The van der Waals surface area contributed by atoms with Crippen molar-refractivity contribution in [1.29, 1.82) is 0 Å². The van der Waals surface area contributed by atoms with Gasteiger partial charge in [0.1, 0.15) is 0 Å². The molecule has 0 unspecified atom stereocenters. The molecular weight excluding hydrogens is 322 g/mol. The van der Waals surface area contributed by atoms with E-state index in [2.05, 4.69) is 27.8 Å². The summed E-state index contributed by atoms with van der Waals surface area (Å²) in [6, 6.07) is 8.32. The predicted octanol–water partition coefficient (Wildman–Crippen LogP) is 3.47. The van der Waals surface area contributed by atoms with Gasteiger partial charge in [0.2, 0.25) is 11.1 Å². The second-order valence-electron chi connectivity index (χ2n) is 6.09. The van der Waals surface area contributed by atoms with E-state index in [1.165, 1.54) is 36.6 Å².